The first-order valence-corrected chi connectivity index (χ1v) is 8.91. The average Bonchev–Trinajstić information content (AvgIpc) is 2.75. The fourth-order valence-electron chi connectivity index (χ4n) is 2.53. The molecule has 3 aromatic rings. The van der Waals surface area contributed by atoms with E-state index in [9.17, 15) is 9.59 Å². The van der Waals surface area contributed by atoms with Gasteiger partial charge in [-0.1, -0.05) is 12.1 Å². The third kappa shape index (κ3) is 5.07. The Morgan fingerprint density at radius 3 is 2.52 bits per heavy atom. The zero-order chi connectivity index (χ0) is 20.6. The van der Waals surface area contributed by atoms with E-state index in [4.69, 9.17) is 9.47 Å². The van der Waals surface area contributed by atoms with Gasteiger partial charge in [0.15, 0.2) is 0 Å². The normalized spacial score (nSPS) is 10.1. The molecule has 0 bridgehead atoms. The highest BCUT2D eigenvalue weighted by Gasteiger charge is 2.12. The van der Waals surface area contributed by atoms with Crippen molar-refractivity contribution in [3.8, 4) is 5.75 Å². The van der Waals surface area contributed by atoms with Crippen molar-refractivity contribution in [2.24, 2.45) is 0 Å². The molecule has 8 nitrogen and oxygen atoms in total. The molecule has 0 spiro atoms. The molecule has 148 valence electrons. The maximum absolute atomic E-state index is 12.5. The van der Waals surface area contributed by atoms with Crippen LogP contribution in [0.4, 0.5) is 17.2 Å². The molecule has 0 fully saturated rings. The lowest BCUT2D eigenvalue weighted by molar-refractivity contribution is 0.0526. The molecule has 0 unspecified atom stereocenters. The summed E-state index contributed by atoms with van der Waals surface area (Å²) in [6.07, 6.45) is 1.30. The van der Waals surface area contributed by atoms with E-state index in [-0.39, 0.29) is 5.69 Å². The Labute approximate surface area is 167 Å². The van der Waals surface area contributed by atoms with Crippen LogP contribution in [-0.2, 0) is 4.74 Å². The molecular formula is C21H20N4O4. The summed E-state index contributed by atoms with van der Waals surface area (Å²) in [5.74, 6) is 0.290. The molecule has 0 aliphatic heterocycles. The fraction of sp³-hybridized carbons (Fsp3) is 0.143. The molecule has 0 saturated heterocycles. The van der Waals surface area contributed by atoms with Crippen LogP contribution in [0.15, 0.2) is 60.9 Å². The Kier molecular flexibility index (Phi) is 6.36. The minimum atomic E-state index is -0.409. The second-order valence-corrected chi connectivity index (χ2v) is 5.87. The summed E-state index contributed by atoms with van der Waals surface area (Å²) in [5, 5.41) is 5.84. The summed E-state index contributed by atoms with van der Waals surface area (Å²) in [4.78, 5) is 32.4. The predicted molar refractivity (Wildman–Crippen MR) is 109 cm³/mol. The summed E-state index contributed by atoms with van der Waals surface area (Å²) in [5.41, 5.74) is 1.84. The number of amides is 1. The van der Waals surface area contributed by atoms with Gasteiger partial charge in [-0.3, -0.25) is 4.79 Å². The number of para-hydroxylation sites is 2. The molecule has 0 saturated carbocycles. The van der Waals surface area contributed by atoms with Gasteiger partial charge >= 0.3 is 5.97 Å². The van der Waals surface area contributed by atoms with Gasteiger partial charge in [0.25, 0.3) is 5.91 Å². The van der Waals surface area contributed by atoms with Crippen LogP contribution in [-0.4, -0.2) is 35.6 Å². The Morgan fingerprint density at radius 2 is 1.79 bits per heavy atom. The quantitative estimate of drug-likeness (QED) is 0.592. The molecule has 1 amide bonds. The number of aromatic nitrogens is 2. The molecule has 0 aliphatic carbocycles. The summed E-state index contributed by atoms with van der Waals surface area (Å²) in [7, 11) is 1.58. The van der Waals surface area contributed by atoms with Crippen molar-refractivity contribution >= 4 is 29.1 Å². The number of benzene rings is 2. The van der Waals surface area contributed by atoms with Crippen molar-refractivity contribution in [3.05, 3.63) is 72.2 Å². The molecule has 8 heteroatoms. The Balaban J connectivity index is 1.70. The van der Waals surface area contributed by atoms with Gasteiger partial charge in [0, 0.05) is 11.8 Å². The lowest BCUT2D eigenvalue weighted by Gasteiger charge is -2.11. The van der Waals surface area contributed by atoms with E-state index < -0.39 is 11.9 Å². The third-order valence-corrected chi connectivity index (χ3v) is 3.92. The highest BCUT2D eigenvalue weighted by Crippen LogP contribution is 2.26. The molecule has 0 atom stereocenters. The third-order valence-electron chi connectivity index (χ3n) is 3.92. The molecule has 29 heavy (non-hydrogen) atoms. The topological polar surface area (TPSA) is 102 Å². The number of rotatable bonds is 7. The van der Waals surface area contributed by atoms with Crippen molar-refractivity contribution < 1.29 is 19.1 Å². The van der Waals surface area contributed by atoms with E-state index >= 15 is 0 Å². The van der Waals surface area contributed by atoms with Gasteiger partial charge in [0.2, 0.25) is 0 Å². The van der Waals surface area contributed by atoms with Crippen molar-refractivity contribution in [2.75, 3.05) is 24.4 Å². The first-order valence-electron chi connectivity index (χ1n) is 8.91. The highest BCUT2D eigenvalue weighted by molar-refractivity contribution is 6.03. The number of esters is 1. The van der Waals surface area contributed by atoms with Crippen molar-refractivity contribution in [1.29, 1.82) is 0 Å². The van der Waals surface area contributed by atoms with Crippen LogP contribution in [0.5, 0.6) is 5.75 Å². The molecule has 1 heterocycles. The van der Waals surface area contributed by atoms with Gasteiger partial charge in [-0.05, 0) is 43.3 Å². The number of hydrogen-bond acceptors (Lipinski definition) is 7. The number of methoxy groups -OCH3 is 1. The molecule has 0 aliphatic rings. The molecule has 2 aromatic carbocycles. The molecule has 1 aromatic heterocycles. The van der Waals surface area contributed by atoms with Crippen LogP contribution in [0.1, 0.15) is 27.8 Å². The van der Waals surface area contributed by atoms with Crippen molar-refractivity contribution in [1.82, 2.24) is 9.97 Å². The van der Waals surface area contributed by atoms with Gasteiger partial charge < -0.3 is 20.1 Å². The standard InChI is InChI=1S/C21H20N4O4/c1-3-29-21(27)14-8-10-15(11-9-14)24-20(26)17-12-19(23-13-22-17)25-16-6-4-5-7-18(16)28-2/h4-13H,3H2,1-2H3,(H,24,26)(H,22,23,25). The van der Waals surface area contributed by atoms with Gasteiger partial charge in [-0.15, -0.1) is 0 Å². The van der Waals surface area contributed by atoms with E-state index in [1.165, 1.54) is 12.4 Å². The van der Waals surface area contributed by atoms with Gasteiger partial charge in [0.1, 0.15) is 23.6 Å². The van der Waals surface area contributed by atoms with Gasteiger partial charge in [-0.2, -0.15) is 0 Å². The first kappa shape index (κ1) is 19.8. The minimum absolute atomic E-state index is 0.187. The van der Waals surface area contributed by atoms with E-state index in [1.807, 2.05) is 24.3 Å². The SMILES string of the molecule is CCOC(=O)c1ccc(NC(=O)c2cc(Nc3ccccc3OC)ncn2)cc1. The van der Waals surface area contributed by atoms with Gasteiger partial charge in [-0.25, -0.2) is 14.8 Å². The number of nitrogens with zero attached hydrogens (tertiary/aromatic N) is 2. The second kappa shape index (κ2) is 9.32. The smallest absolute Gasteiger partial charge is 0.338 e. The van der Waals surface area contributed by atoms with Crippen LogP contribution < -0.4 is 15.4 Å². The van der Waals surface area contributed by atoms with Crippen LogP contribution in [0.3, 0.4) is 0 Å². The summed E-state index contributed by atoms with van der Waals surface area (Å²) in [6.45, 7) is 2.04. The highest BCUT2D eigenvalue weighted by atomic mass is 16.5. The Hall–Kier alpha value is -3.94. The van der Waals surface area contributed by atoms with E-state index in [1.54, 1.807) is 38.3 Å². The number of carbonyl (C=O) groups excluding carboxylic acids is 2. The van der Waals surface area contributed by atoms with E-state index in [0.717, 1.165) is 5.69 Å². The van der Waals surface area contributed by atoms with Crippen LogP contribution >= 0.6 is 0 Å². The molecule has 3 rings (SSSR count). The monoisotopic (exact) mass is 392 g/mol. The lowest BCUT2D eigenvalue weighted by atomic mass is 10.2. The largest absolute Gasteiger partial charge is 0.495 e. The Bertz CT molecular complexity index is 1010. The van der Waals surface area contributed by atoms with Gasteiger partial charge in [0.05, 0.1) is 25.0 Å². The number of ether oxygens (including phenoxy) is 2. The van der Waals surface area contributed by atoms with Crippen LogP contribution in [0, 0.1) is 0 Å². The summed E-state index contributed by atoms with van der Waals surface area (Å²) >= 11 is 0. The molecule has 0 radical (unpaired) electrons. The Morgan fingerprint density at radius 1 is 1.03 bits per heavy atom. The zero-order valence-electron chi connectivity index (χ0n) is 16.0. The number of anilines is 3. The second-order valence-electron chi connectivity index (χ2n) is 5.87. The average molecular weight is 392 g/mol. The van der Waals surface area contributed by atoms with Crippen LogP contribution in [0.2, 0.25) is 0 Å². The van der Waals surface area contributed by atoms with Crippen LogP contribution in [0.25, 0.3) is 0 Å². The van der Waals surface area contributed by atoms with Crippen molar-refractivity contribution in [2.45, 2.75) is 6.92 Å². The maximum atomic E-state index is 12.5. The van der Waals surface area contributed by atoms with E-state index in [2.05, 4.69) is 20.6 Å². The van der Waals surface area contributed by atoms with E-state index in [0.29, 0.717) is 29.4 Å². The molecule has 2 N–H and O–H groups in total. The predicted octanol–water partition coefficient (Wildman–Crippen LogP) is 3.66. The first-order chi connectivity index (χ1) is 14.1. The maximum Gasteiger partial charge on any atom is 0.338 e. The number of hydrogen-bond donors (Lipinski definition) is 2. The zero-order valence-corrected chi connectivity index (χ0v) is 16.0. The molecular weight excluding hydrogens is 372 g/mol. The summed E-state index contributed by atoms with van der Waals surface area (Å²) in [6, 6.07) is 15.3. The van der Waals surface area contributed by atoms with Crippen molar-refractivity contribution in [3.63, 3.8) is 0 Å². The fourth-order valence-corrected chi connectivity index (χ4v) is 2.53. The lowest BCUT2D eigenvalue weighted by Crippen LogP contribution is -2.14. The minimum Gasteiger partial charge on any atom is -0.495 e. The number of nitrogens with one attached hydrogen (secondary N) is 2. The number of carbonyl (C=O) groups is 2. The summed E-state index contributed by atoms with van der Waals surface area (Å²) < 4.78 is 10.2.